The number of imidazole rings is 1. The number of nitrogens with zero attached hydrogens (tertiary/aromatic N) is 1. The number of nitrogens with one attached hydrogen (secondary N) is 1. The zero-order valence-corrected chi connectivity index (χ0v) is 8.42. The highest BCUT2D eigenvalue weighted by Gasteiger charge is 2.15. The Kier molecular flexibility index (Phi) is 2.47. The van der Waals surface area contributed by atoms with Gasteiger partial charge in [-0.3, -0.25) is 0 Å². The third-order valence-corrected chi connectivity index (χ3v) is 2.12. The Balaban J connectivity index is 2.57. The fraction of sp³-hybridized carbons (Fsp3) is 0.100. The summed E-state index contributed by atoms with van der Waals surface area (Å²) in [5.41, 5.74) is 5.32. The summed E-state index contributed by atoms with van der Waals surface area (Å²) < 4.78 is 31.9. The molecule has 0 atom stereocenters. The molecule has 1 heterocycles. The fourth-order valence-corrected chi connectivity index (χ4v) is 1.39. The number of aromatic amines is 1. The van der Waals surface area contributed by atoms with Gasteiger partial charge in [-0.2, -0.15) is 0 Å². The van der Waals surface area contributed by atoms with Crippen LogP contribution < -0.4 is 10.5 Å². The molecule has 6 heteroatoms. The van der Waals surface area contributed by atoms with Crippen molar-refractivity contribution in [2.75, 3.05) is 12.8 Å². The van der Waals surface area contributed by atoms with Gasteiger partial charge in [0.1, 0.15) is 17.4 Å². The average Bonchev–Trinajstić information content (AvgIpc) is 2.63. The predicted octanol–water partition coefficient (Wildman–Crippen LogP) is 1.95. The average molecular weight is 225 g/mol. The standard InChI is InChI=1S/C10H9F2N3O/c1-16-5-2-6(11)9(7(12)3-5)8-4-14-10(13)15-8/h2-4H,1H3,(H3,13,14,15). The quantitative estimate of drug-likeness (QED) is 0.820. The summed E-state index contributed by atoms with van der Waals surface area (Å²) in [5, 5.41) is 0. The Hall–Kier alpha value is -2.11. The molecule has 2 aromatic rings. The van der Waals surface area contributed by atoms with E-state index in [0.29, 0.717) is 0 Å². The second kappa shape index (κ2) is 3.80. The number of aromatic nitrogens is 2. The number of hydrogen-bond donors (Lipinski definition) is 2. The van der Waals surface area contributed by atoms with E-state index >= 15 is 0 Å². The van der Waals surface area contributed by atoms with Gasteiger partial charge in [-0.05, 0) is 0 Å². The van der Waals surface area contributed by atoms with Gasteiger partial charge < -0.3 is 15.5 Å². The summed E-state index contributed by atoms with van der Waals surface area (Å²) in [7, 11) is 1.34. The van der Waals surface area contributed by atoms with Crippen LogP contribution in [-0.2, 0) is 0 Å². The van der Waals surface area contributed by atoms with E-state index in [2.05, 4.69) is 9.97 Å². The molecule has 0 saturated heterocycles. The van der Waals surface area contributed by atoms with Gasteiger partial charge in [0.15, 0.2) is 5.95 Å². The Bertz CT molecular complexity index is 502. The molecule has 0 spiro atoms. The van der Waals surface area contributed by atoms with Crippen LogP contribution in [0.4, 0.5) is 14.7 Å². The van der Waals surface area contributed by atoms with Gasteiger partial charge in [0.25, 0.3) is 0 Å². The summed E-state index contributed by atoms with van der Waals surface area (Å²) in [4.78, 5) is 6.23. The predicted molar refractivity (Wildman–Crippen MR) is 54.9 cm³/mol. The van der Waals surface area contributed by atoms with Crippen molar-refractivity contribution in [2.24, 2.45) is 0 Å². The number of H-pyrrole nitrogens is 1. The number of methoxy groups -OCH3 is 1. The monoisotopic (exact) mass is 225 g/mol. The summed E-state index contributed by atoms with van der Waals surface area (Å²) >= 11 is 0. The van der Waals surface area contributed by atoms with E-state index < -0.39 is 11.6 Å². The molecule has 4 nitrogen and oxygen atoms in total. The fourth-order valence-electron chi connectivity index (χ4n) is 1.39. The van der Waals surface area contributed by atoms with Crippen LogP contribution >= 0.6 is 0 Å². The first-order valence-electron chi connectivity index (χ1n) is 4.45. The van der Waals surface area contributed by atoms with Crippen LogP contribution in [0.5, 0.6) is 5.75 Å². The van der Waals surface area contributed by atoms with Crippen LogP contribution in [0.25, 0.3) is 11.3 Å². The van der Waals surface area contributed by atoms with Crippen molar-refractivity contribution in [3.8, 4) is 17.0 Å². The molecular weight excluding hydrogens is 216 g/mol. The second-order valence-corrected chi connectivity index (χ2v) is 3.15. The highest BCUT2D eigenvalue weighted by atomic mass is 19.1. The highest BCUT2D eigenvalue weighted by molar-refractivity contribution is 5.62. The lowest BCUT2D eigenvalue weighted by molar-refractivity contribution is 0.407. The molecule has 0 radical (unpaired) electrons. The van der Waals surface area contributed by atoms with Crippen LogP contribution in [0.3, 0.4) is 0 Å². The molecule has 3 N–H and O–H groups in total. The maximum Gasteiger partial charge on any atom is 0.197 e. The minimum Gasteiger partial charge on any atom is -0.497 e. The van der Waals surface area contributed by atoms with E-state index in [-0.39, 0.29) is 23.0 Å². The summed E-state index contributed by atoms with van der Waals surface area (Å²) in [6, 6.07) is 2.19. The molecule has 16 heavy (non-hydrogen) atoms. The normalized spacial score (nSPS) is 10.4. The minimum atomic E-state index is -0.736. The zero-order valence-electron chi connectivity index (χ0n) is 8.42. The summed E-state index contributed by atoms with van der Waals surface area (Å²) in [6.45, 7) is 0. The number of halogens is 2. The van der Waals surface area contributed by atoms with Crippen LogP contribution in [0, 0.1) is 11.6 Å². The number of anilines is 1. The zero-order chi connectivity index (χ0) is 11.7. The number of hydrogen-bond acceptors (Lipinski definition) is 3. The molecule has 0 amide bonds. The molecule has 0 aliphatic rings. The number of rotatable bonds is 2. The van der Waals surface area contributed by atoms with Crippen LogP contribution in [-0.4, -0.2) is 17.1 Å². The summed E-state index contributed by atoms with van der Waals surface area (Å²) in [5.74, 6) is -1.25. The van der Waals surface area contributed by atoms with E-state index in [9.17, 15) is 8.78 Å². The van der Waals surface area contributed by atoms with Gasteiger partial charge >= 0.3 is 0 Å². The van der Waals surface area contributed by atoms with Crippen molar-refractivity contribution in [1.82, 2.24) is 9.97 Å². The number of ether oxygens (including phenoxy) is 1. The number of nitrogens with two attached hydrogens (primary N) is 1. The topological polar surface area (TPSA) is 63.9 Å². The smallest absolute Gasteiger partial charge is 0.197 e. The van der Waals surface area contributed by atoms with Gasteiger partial charge in [0.05, 0.1) is 24.6 Å². The Morgan fingerprint density at radius 2 is 1.94 bits per heavy atom. The van der Waals surface area contributed by atoms with Gasteiger partial charge in [-0.1, -0.05) is 0 Å². The lowest BCUT2D eigenvalue weighted by Crippen LogP contribution is -1.94. The third kappa shape index (κ3) is 1.69. The first-order valence-corrected chi connectivity index (χ1v) is 4.45. The van der Waals surface area contributed by atoms with Crippen molar-refractivity contribution in [1.29, 1.82) is 0 Å². The first-order chi connectivity index (χ1) is 7.61. The SMILES string of the molecule is COc1cc(F)c(-c2cnc(N)[nH]2)c(F)c1. The maximum absolute atomic E-state index is 13.6. The molecule has 0 saturated carbocycles. The molecule has 1 aromatic heterocycles. The van der Waals surface area contributed by atoms with Crippen molar-refractivity contribution in [3.05, 3.63) is 30.0 Å². The van der Waals surface area contributed by atoms with Gasteiger partial charge in [-0.25, -0.2) is 13.8 Å². The van der Waals surface area contributed by atoms with Crippen molar-refractivity contribution in [3.63, 3.8) is 0 Å². The van der Waals surface area contributed by atoms with Crippen molar-refractivity contribution in [2.45, 2.75) is 0 Å². The molecule has 1 aromatic carbocycles. The number of benzene rings is 1. The molecule has 0 aliphatic heterocycles. The second-order valence-electron chi connectivity index (χ2n) is 3.15. The third-order valence-electron chi connectivity index (χ3n) is 2.12. The van der Waals surface area contributed by atoms with Crippen molar-refractivity contribution < 1.29 is 13.5 Å². The van der Waals surface area contributed by atoms with Gasteiger partial charge in [0.2, 0.25) is 0 Å². The van der Waals surface area contributed by atoms with E-state index in [4.69, 9.17) is 10.5 Å². The Morgan fingerprint density at radius 1 is 1.31 bits per heavy atom. The molecule has 2 rings (SSSR count). The van der Waals surface area contributed by atoms with E-state index in [1.807, 2.05) is 0 Å². The lowest BCUT2D eigenvalue weighted by Gasteiger charge is -2.05. The molecular formula is C10H9F2N3O. The van der Waals surface area contributed by atoms with E-state index in [1.165, 1.54) is 13.3 Å². The van der Waals surface area contributed by atoms with Crippen LogP contribution in [0.1, 0.15) is 0 Å². The molecule has 0 unspecified atom stereocenters. The molecule has 0 aliphatic carbocycles. The first kappa shape index (κ1) is 10.4. The lowest BCUT2D eigenvalue weighted by atomic mass is 10.1. The van der Waals surface area contributed by atoms with Crippen molar-refractivity contribution >= 4 is 5.95 Å². The van der Waals surface area contributed by atoms with E-state index in [0.717, 1.165) is 12.1 Å². The van der Waals surface area contributed by atoms with E-state index in [1.54, 1.807) is 0 Å². The summed E-state index contributed by atoms with van der Waals surface area (Å²) in [6.07, 6.45) is 1.27. The molecule has 84 valence electrons. The van der Waals surface area contributed by atoms with Gasteiger partial charge in [0, 0.05) is 12.1 Å². The highest BCUT2D eigenvalue weighted by Crippen LogP contribution is 2.28. The maximum atomic E-state index is 13.6. The van der Waals surface area contributed by atoms with Crippen LogP contribution in [0.2, 0.25) is 0 Å². The Labute approximate surface area is 90.1 Å². The van der Waals surface area contributed by atoms with Crippen LogP contribution in [0.15, 0.2) is 18.3 Å². The number of nitrogen functional groups attached to an aromatic ring is 1. The molecule has 0 fully saturated rings. The molecule has 0 bridgehead atoms. The minimum absolute atomic E-state index is 0.101. The van der Waals surface area contributed by atoms with Gasteiger partial charge in [-0.15, -0.1) is 0 Å². The largest absolute Gasteiger partial charge is 0.497 e. The Morgan fingerprint density at radius 3 is 2.38 bits per heavy atom.